The van der Waals surface area contributed by atoms with Crippen LogP contribution < -0.4 is 10.5 Å². The number of sulfonamides is 1. The van der Waals surface area contributed by atoms with Crippen LogP contribution in [0.3, 0.4) is 0 Å². The highest BCUT2D eigenvalue weighted by atomic mass is 32.2. The molecule has 4 atom stereocenters. The summed E-state index contributed by atoms with van der Waals surface area (Å²) < 4.78 is 21.5. The van der Waals surface area contributed by atoms with Crippen LogP contribution in [0.15, 0.2) is 12.2 Å². The molecule has 112 valence electrons. The number of nitrogens with two attached hydrogens (primary N) is 1. The second-order valence-corrected chi connectivity index (χ2v) is 7.08. The molecule has 7 nitrogen and oxygen atoms in total. The molecule has 1 fully saturated rings. The van der Waals surface area contributed by atoms with Crippen LogP contribution in [-0.2, 0) is 19.6 Å². The molecule has 0 spiro atoms. The average molecular weight is 302 g/mol. The van der Waals surface area contributed by atoms with Crippen molar-refractivity contribution in [1.82, 2.24) is 5.32 Å². The Balaban J connectivity index is 1.89. The molecule has 0 aromatic heterocycles. The van der Waals surface area contributed by atoms with Crippen LogP contribution in [0.5, 0.6) is 0 Å². The fourth-order valence-corrected chi connectivity index (χ4v) is 3.67. The van der Waals surface area contributed by atoms with E-state index in [1.807, 2.05) is 12.2 Å². The summed E-state index contributed by atoms with van der Waals surface area (Å²) in [7, 11) is -3.53. The largest absolute Gasteiger partial charge is 0.481 e. The van der Waals surface area contributed by atoms with Crippen molar-refractivity contribution in [3.05, 3.63) is 12.2 Å². The number of carbonyl (C=O) groups is 2. The SMILES string of the molecule is NS(=O)(=O)CCCNC(=O)[C@H]1C2C=CC(C2)[C@H]1C(=O)O. The van der Waals surface area contributed by atoms with E-state index in [-0.39, 0.29) is 36.5 Å². The van der Waals surface area contributed by atoms with Crippen LogP contribution in [0.25, 0.3) is 0 Å². The van der Waals surface area contributed by atoms with Gasteiger partial charge < -0.3 is 10.4 Å². The molecule has 2 aliphatic carbocycles. The van der Waals surface area contributed by atoms with Gasteiger partial charge in [0, 0.05) is 6.54 Å². The summed E-state index contributed by atoms with van der Waals surface area (Å²) in [6, 6.07) is 0. The van der Waals surface area contributed by atoms with Crippen molar-refractivity contribution < 1.29 is 23.1 Å². The number of carboxylic acids is 1. The minimum absolute atomic E-state index is 0.0284. The van der Waals surface area contributed by atoms with Gasteiger partial charge in [-0.15, -0.1) is 0 Å². The van der Waals surface area contributed by atoms with Gasteiger partial charge in [-0.05, 0) is 24.7 Å². The maximum atomic E-state index is 12.1. The van der Waals surface area contributed by atoms with Crippen LogP contribution in [0.2, 0.25) is 0 Å². The standard InChI is InChI=1S/C12H18N2O5S/c13-20(18,19)5-1-4-14-11(15)9-7-2-3-8(6-7)10(9)12(16)17/h2-3,7-10H,1,4-6H2,(H,14,15)(H,16,17)(H2,13,18,19)/t7?,8?,9-,10+/m0/s1. The van der Waals surface area contributed by atoms with Crippen molar-refractivity contribution in [2.24, 2.45) is 28.8 Å². The molecule has 2 unspecified atom stereocenters. The fourth-order valence-electron chi connectivity index (χ4n) is 3.12. The predicted molar refractivity (Wildman–Crippen MR) is 71.0 cm³/mol. The van der Waals surface area contributed by atoms with Crippen molar-refractivity contribution in [2.45, 2.75) is 12.8 Å². The van der Waals surface area contributed by atoms with Gasteiger partial charge in [-0.2, -0.15) is 0 Å². The van der Waals surface area contributed by atoms with Crippen LogP contribution in [0.1, 0.15) is 12.8 Å². The molecule has 0 aromatic carbocycles. The molecule has 0 radical (unpaired) electrons. The maximum absolute atomic E-state index is 12.1. The molecule has 1 amide bonds. The Hall–Kier alpha value is -1.41. The number of primary sulfonamides is 1. The molecule has 4 N–H and O–H groups in total. The van der Waals surface area contributed by atoms with Gasteiger partial charge in [-0.1, -0.05) is 12.2 Å². The highest BCUT2D eigenvalue weighted by Gasteiger charge is 2.51. The summed E-state index contributed by atoms with van der Waals surface area (Å²) in [4.78, 5) is 23.3. The van der Waals surface area contributed by atoms with Crippen molar-refractivity contribution in [2.75, 3.05) is 12.3 Å². The number of fused-ring (bicyclic) bond motifs is 2. The molecule has 0 saturated heterocycles. The maximum Gasteiger partial charge on any atom is 0.307 e. The lowest BCUT2D eigenvalue weighted by atomic mass is 9.82. The average Bonchev–Trinajstić information content (AvgIpc) is 2.92. The molecular weight excluding hydrogens is 284 g/mol. The van der Waals surface area contributed by atoms with E-state index in [4.69, 9.17) is 5.14 Å². The first-order valence-corrected chi connectivity index (χ1v) is 8.20. The summed E-state index contributed by atoms with van der Waals surface area (Å²) >= 11 is 0. The van der Waals surface area contributed by atoms with Gasteiger partial charge >= 0.3 is 5.97 Å². The molecular formula is C12H18N2O5S. The number of hydrogen-bond donors (Lipinski definition) is 3. The first-order chi connectivity index (χ1) is 9.29. The summed E-state index contributed by atoms with van der Waals surface area (Å²) in [6.45, 7) is 0.180. The lowest BCUT2D eigenvalue weighted by Gasteiger charge is -2.23. The van der Waals surface area contributed by atoms with E-state index in [0.29, 0.717) is 6.42 Å². The van der Waals surface area contributed by atoms with E-state index in [0.717, 1.165) is 0 Å². The number of nitrogens with one attached hydrogen (secondary N) is 1. The van der Waals surface area contributed by atoms with E-state index in [1.54, 1.807) is 0 Å². The van der Waals surface area contributed by atoms with Gasteiger partial charge in [-0.3, -0.25) is 9.59 Å². The Morgan fingerprint density at radius 3 is 2.40 bits per heavy atom. The molecule has 0 aliphatic heterocycles. The van der Waals surface area contributed by atoms with Gasteiger partial charge in [0.05, 0.1) is 17.6 Å². The number of aliphatic carboxylic acids is 1. The zero-order valence-corrected chi connectivity index (χ0v) is 11.7. The van der Waals surface area contributed by atoms with E-state index in [1.165, 1.54) is 0 Å². The van der Waals surface area contributed by atoms with Crippen molar-refractivity contribution in [3.63, 3.8) is 0 Å². The highest BCUT2D eigenvalue weighted by Crippen LogP contribution is 2.48. The summed E-state index contributed by atoms with van der Waals surface area (Å²) in [5.74, 6) is -2.81. The first-order valence-electron chi connectivity index (χ1n) is 6.49. The van der Waals surface area contributed by atoms with Crippen molar-refractivity contribution in [1.29, 1.82) is 0 Å². The number of allylic oxidation sites excluding steroid dienone is 2. The number of carbonyl (C=O) groups excluding carboxylic acids is 1. The van der Waals surface area contributed by atoms with Gasteiger partial charge in [0.15, 0.2) is 0 Å². The zero-order valence-electron chi connectivity index (χ0n) is 10.9. The molecule has 20 heavy (non-hydrogen) atoms. The third-order valence-corrected chi connectivity index (χ3v) is 4.81. The van der Waals surface area contributed by atoms with E-state index >= 15 is 0 Å². The zero-order chi connectivity index (χ0) is 14.9. The van der Waals surface area contributed by atoms with Crippen molar-refractivity contribution in [3.8, 4) is 0 Å². The van der Waals surface area contributed by atoms with E-state index in [2.05, 4.69) is 5.32 Å². The second kappa shape index (κ2) is 5.53. The van der Waals surface area contributed by atoms with Gasteiger partial charge in [0.25, 0.3) is 0 Å². The minimum Gasteiger partial charge on any atom is -0.481 e. The summed E-state index contributed by atoms with van der Waals surface area (Å²) in [5.41, 5.74) is 0. The Bertz CT molecular complexity index is 542. The second-order valence-electron chi connectivity index (χ2n) is 5.35. The van der Waals surface area contributed by atoms with Crippen molar-refractivity contribution >= 4 is 21.9 Å². The Labute approximate surface area is 117 Å². The smallest absolute Gasteiger partial charge is 0.307 e. The lowest BCUT2D eigenvalue weighted by Crippen LogP contribution is -2.40. The van der Waals surface area contributed by atoms with Crippen LogP contribution >= 0.6 is 0 Å². The van der Waals surface area contributed by atoms with E-state index in [9.17, 15) is 23.1 Å². The molecule has 8 heteroatoms. The molecule has 2 bridgehead atoms. The lowest BCUT2D eigenvalue weighted by molar-refractivity contribution is -0.147. The number of rotatable bonds is 6. The Morgan fingerprint density at radius 1 is 1.25 bits per heavy atom. The van der Waals surface area contributed by atoms with Crippen LogP contribution in [0, 0.1) is 23.7 Å². The third kappa shape index (κ3) is 3.18. The Morgan fingerprint density at radius 2 is 1.85 bits per heavy atom. The normalized spacial score (nSPS) is 31.4. The highest BCUT2D eigenvalue weighted by molar-refractivity contribution is 7.89. The van der Waals surface area contributed by atoms with Gasteiger partial charge in [0.1, 0.15) is 0 Å². The molecule has 2 rings (SSSR count). The minimum atomic E-state index is -3.53. The monoisotopic (exact) mass is 302 g/mol. The summed E-state index contributed by atoms with van der Waals surface area (Å²) in [5, 5.41) is 16.7. The number of amides is 1. The predicted octanol–water partition coefficient (Wildman–Crippen LogP) is -0.696. The molecule has 1 saturated carbocycles. The van der Waals surface area contributed by atoms with Crippen LogP contribution in [-0.4, -0.2) is 37.7 Å². The van der Waals surface area contributed by atoms with Crippen LogP contribution in [0.4, 0.5) is 0 Å². The number of carboxylic acid groups (broad SMARTS) is 1. The van der Waals surface area contributed by atoms with E-state index < -0.39 is 27.8 Å². The quantitative estimate of drug-likeness (QED) is 0.442. The topological polar surface area (TPSA) is 127 Å². The number of hydrogen-bond acceptors (Lipinski definition) is 4. The van der Waals surface area contributed by atoms with Gasteiger partial charge in [-0.25, -0.2) is 13.6 Å². The van der Waals surface area contributed by atoms with Gasteiger partial charge in [0.2, 0.25) is 15.9 Å². The molecule has 0 aromatic rings. The molecule has 2 aliphatic rings. The molecule has 0 heterocycles. The third-order valence-electron chi connectivity index (χ3n) is 3.95. The fraction of sp³-hybridized carbons (Fsp3) is 0.667. The first kappa shape index (κ1) is 15.0. The summed E-state index contributed by atoms with van der Waals surface area (Å²) in [6.07, 6.45) is 4.69. The Kier molecular flexibility index (Phi) is 4.14.